The summed E-state index contributed by atoms with van der Waals surface area (Å²) in [6, 6.07) is 13.3. The Balaban J connectivity index is 1.48. The summed E-state index contributed by atoms with van der Waals surface area (Å²) in [4.78, 5) is 49.8. The van der Waals surface area contributed by atoms with Gasteiger partial charge in [-0.1, -0.05) is 30.3 Å². The van der Waals surface area contributed by atoms with Crippen LogP contribution in [-0.2, 0) is 19.9 Å². The van der Waals surface area contributed by atoms with Crippen molar-refractivity contribution in [3.8, 4) is 0 Å². The number of carbonyl (C=O) groups excluding carboxylic acids is 4. The lowest BCUT2D eigenvalue weighted by atomic mass is 9.92. The third-order valence-electron chi connectivity index (χ3n) is 4.89. The second-order valence-corrected chi connectivity index (χ2v) is 7.07. The van der Waals surface area contributed by atoms with Crippen LogP contribution in [0.15, 0.2) is 54.6 Å². The molecule has 2 aromatic rings. The van der Waals surface area contributed by atoms with E-state index in [0.29, 0.717) is 11.1 Å². The predicted octanol–water partition coefficient (Wildman–Crippen LogP) is 2.80. The number of amides is 3. The molecule has 1 aliphatic rings. The normalized spacial score (nSPS) is 18.3. The Morgan fingerprint density at radius 1 is 1.07 bits per heavy atom. The molecule has 1 fully saturated rings. The Labute approximate surface area is 172 Å². The van der Waals surface area contributed by atoms with Crippen LogP contribution in [0.2, 0.25) is 0 Å². The standard InChI is InChI=1S/C22H21FN2O5/c1-22(16-6-3-2-4-7-16)20(28)25(21(29)24-22)14-19(27)30-13-5-8-18(26)15-9-11-17(23)12-10-15/h2-4,6-7,9-12H,5,8,13-14H2,1H3,(H,24,29)/t22-/m1/s1. The van der Waals surface area contributed by atoms with Crippen LogP contribution in [0.4, 0.5) is 9.18 Å². The molecule has 1 N–H and O–H groups in total. The lowest BCUT2D eigenvalue weighted by Gasteiger charge is -2.21. The molecule has 3 amide bonds. The summed E-state index contributed by atoms with van der Waals surface area (Å²) in [5.41, 5.74) is -0.263. The third kappa shape index (κ3) is 4.53. The van der Waals surface area contributed by atoms with Crippen LogP contribution < -0.4 is 5.32 Å². The van der Waals surface area contributed by atoms with Crippen molar-refractivity contribution in [1.29, 1.82) is 0 Å². The zero-order valence-corrected chi connectivity index (χ0v) is 16.4. The van der Waals surface area contributed by atoms with Crippen molar-refractivity contribution in [3.05, 3.63) is 71.5 Å². The zero-order valence-electron chi connectivity index (χ0n) is 16.4. The largest absolute Gasteiger partial charge is 0.464 e. The number of rotatable bonds is 8. The highest BCUT2D eigenvalue weighted by molar-refractivity contribution is 6.08. The number of ether oxygens (including phenoxy) is 1. The molecule has 0 unspecified atom stereocenters. The van der Waals surface area contributed by atoms with Crippen molar-refractivity contribution >= 4 is 23.7 Å². The number of ketones is 1. The Morgan fingerprint density at radius 2 is 1.73 bits per heavy atom. The number of carbonyl (C=O) groups is 4. The van der Waals surface area contributed by atoms with Crippen molar-refractivity contribution in [2.24, 2.45) is 0 Å². The maximum atomic E-state index is 12.9. The van der Waals surface area contributed by atoms with Crippen LogP contribution in [0.5, 0.6) is 0 Å². The number of nitrogens with one attached hydrogen (secondary N) is 1. The second-order valence-electron chi connectivity index (χ2n) is 7.07. The molecule has 0 bridgehead atoms. The summed E-state index contributed by atoms with van der Waals surface area (Å²) in [5.74, 6) is -1.91. The molecule has 156 valence electrons. The van der Waals surface area contributed by atoms with E-state index in [9.17, 15) is 23.6 Å². The molecule has 3 rings (SSSR count). The number of Topliss-reactive ketones (excluding diaryl/α,β-unsaturated/α-hetero) is 1. The van der Waals surface area contributed by atoms with Gasteiger partial charge in [-0.15, -0.1) is 0 Å². The molecular formula is C22H21FN2O5. The van der Waals surface area contributed by atoms with Gasteiger partial charge in [0.05, 0.1) is 6.61 Å². The fourth-order valence-electron chi connectivity index (χ4n) is 3.18. The molecule has 1 aliphatic heterocycles. The number of esters is 1. The first-order chi connectivity index (χ1) is 14.3. The van der Waals surface area contributed by atoms with Gasteiger partial charge in [-0.2, -0.15) is 0 Å². The number of imide groups is 1. The van der Waals surface area contributed by atoms with E-state index in [2.05, 4.69) is 5.32 Å². The van der Waals surface area contributed by atoms with Gasteiger partial charge in [0.15, 0.2) is 5.78 Å². The van der Waals surface area contributed by atoms with Crippen molar-refractivity contribution < 1.29 is 28.3 Å². The molecule has 1 saturated heterocycles. The van der Waals surface area contributed by atoms with Crippen LogP contribution in [0.25, 0.3) is 0 Å². The Hall–Kier alpha value is -3.55. The number of hydrogen-bond donors (Lipinski definition) is 1. The van der Waals surface area contributed by atoms with Gasteiger partial charge in [-0.3, -0.25) is 19.3 Å². The molecule has 8 heteroatoms. The van der Waals surface area contributed by atoms with E-state index in [0.717, 1.165) is 4.90 Å². The third-order valence-corrected chi connectivity index (χ3v) is 4.89. The van der Waals surface area contributed by atoms with Crippen LogP contribution >= 0.6 is 0 Å². The van der Waals surface area contributed by atoms with Gasteiger partial charge in [0, 0.05) is 12.0 Å². The quantitative estimate of drug-likeness (QED) is 0.312. The number of hydrogen-bond acceptors (Lipinski definition) is 5. The summed E-state index contributed by atoms with van der Waals surface area (Å²) in [7, 11) is 0. The van der Waals surface area contributed by atoms with Gasteiger partial charge in [-0.05, 0) is 43.2 Å². The zero-order chi connectivity index (χ0) is 21.7. The van der Waals surface area contributed by atoms with Crippen LogP contribution in [-0.4, -0.2) is 41.7 Å². The van der Waals surface area contributed by atoms with Crippen LogP contribution in [0.3, 0.4) is 0 Å². The number of halogens is 1. The average molecular weight is 412 g/mol. The molecular weight excluding hydrogens is 391 g/mol. The predicted molar refractivity (Wildman–Crippen MR) is 105 cm³/mol. The first kappa shape index (κ1) is 21.2. The van der Waals surface area contributed by atoms with Crippen molar-refractivity contribution in [3.63, 3.8) is 0 Å². The van der Waals surface area contributed by atoms with Gasteiger partial charge in [0.25, 0.3) is 5.91 Å². The second kappa shape index (κ2) is 8.86. The highest BCUT2D eigenvalue weighted by atomic mass is 19.1. The highest BCUT2D eigenvalue weighted by Crippen LogP contribution is 2.28. The fourth-order valence-corrected chi connectivity index (χ4v) is 3.18. The molecule has 1 heterocycles. The number of benzene rings is 2. The molecule has 0 spiro atoms. The van der Waals surface area contributed by atoms with Gasteiger partial charge in [-0.25, -0.2) is 9.18 Å². The van der Waals surface area contributed by atoms with E-state index in [4.69, 9.17) is 4.74 Å². The fraction of sp³-hybridized carbons (Fsp3) is 0.273. The molecule has 1 atom stereocenters. The Morgan fingerprint density at radius 3 is 2.40 bits per heavy atom. The molecule has 30 heavy (non-hydrogen) atoms. The molecule has 0 radical (unpaired) electrons. The smallest absolute Gasteiger partial charge is 0.326 e. The monoisotopic (exact) mass is 412 g/mol. The average Bonchev–Trinajstić information content (AvgIpc) is 2.96. The van der Waals surface area contributed by atoms with E-state index >= 15 is 0 Å². The van der Waals surface area contributed by atoms with Crippen molar-refractivity contribution in [2.75, 3.05) is 13.2 Å². The summed E-state index contributed by atoms with van der Waals surface area (Å²) in [6.07, 6.45) is 0.387. The molecule has 7 nitrogen and oxygen atoms in total. The Bertz CT molecular complexity index is 961. The maximum absolute atomic E-state index is 12.9. The number of nitrogens with zero attached hydrogens (tertiary/aromatic N) is 1. The molecule has 0 saturated carbocycles. The minimum Gasteiger partial charge on any atom is -0.464 e. The number of urea groups is 1. The summed E-state index contributed by atoms with van der Waals surface area (Å²) in [5, 5.41) is 2.61. The van der Waals surface area contributed by atoms with Gasteiger partial charge < -0.3 is 10.1 Å². The molecule has 0 aromatic heterocycles. The molecule has 2 aromatic carbocycles. The minimum absolute atomic E-state index is 0.0363. The summed E-state index contributed by atoms with van der Waals surface area (Å²) >= 11 is 0. The topological polar surface area (TPSA) is 92.8 Å². The molecule has 0 aliphatic carbocycles. The minimum atomic E-state index is -1.25. The lowest BCUT2D eigenvalue weighted by Crippen LogP contribution is -2.41. The SMILES string of the molecule is C[C@]1(c2ccccc2)NC(=O)N(CC(=O)OCCCC(=O)c2ccc(F)cc2)C1=O. The lowest BCUT2D eigenvalue weighted by molar-refractivity contribution is -0.147. The first-order valence-corrected chi connectivity index (χ1v) is 9.45. The van der Waals surface area contributed by atoms with Gasteiger partial charge in [0.2, 0.25) is 0 Å². The van der Waals surface area contributed by atoms with E-state index in [1.54, 1.807) is 37.3 Å². The summed E-state index contributed by atoms with van der Waals surface area (Å²) < 4.78 is 17.9. The van der Waals surface area contributed by atoms with E-state index < -0.39 is 35.8 Å². The summed E-state index contributed by atoms with van der Waals surface area (Å²) in [6.45, 7) is 1.03. The van der Waals surface area contributed by atoms with E-state index in [1.807, 2.05) is 0 Å². The van der Waals surface area contributed by atoms with Crippen molar-refractivity contribution in [2.45, 2.75) is 25.3 Å². The first-order valence-electron chi connectivity index (χ1n) is 9.45. The van der Waals surface area contributed by atoms with E-state index in [1.165, 1.54) is 24.3 Å². The van der Waals surface area contributed by atoms with Crippen LogP contribution in [0.1, 0.15) is 35.7 Å². The van der Waals surface area contributed by atoms with E-state index in [-0.39, 0.29) is 25.2 Å². The van der Waals surface area contributed by atoms with Crippen molar-refractivity contribution in [1.82, 2.24) is 10.2 Å². The maximum Gasteiger partial charge on any atom is 0.326 e. The van der Waals surface area contributed by atoms with Gasteiger partial charge in [0.1, 0.15) is 17.9 Å². The Kier molecular flexibility index (Phi) is 6.25. The van der Waals surface area contributed by atoms with Gasteiger partial charge >= 0.3 is 12.0 Å². The highest BCUT2D eigenvalue weighted by Gasteiger charge is 2.49. The van der Waals surface area contributed by atoms with Crippen LogP contribution in [0, 0.1) is 5.82 Å².